The van der Waals surface area contributed by atoms with Gasteiger partial charge in [-0.25, -0.2) is 0 Å². The van der Waals surface area contributed by atoms with Gasteiger partial charge in [-0.3, -0.25) is 9.79 Å². The van der Waals surface area contributed by atoms with Crippen LogP contribution in [-0.4, -0.2) is 49.6 Å². The predicted molar refractivity (Wildman–Crippen MR) is 99.8 cm³/mol. The van der Waals surface area contributed by atoms with Crippen LogP contribution in [-0.2, 0) is 0 Å². The van der Waals surface area contributed by atoms with Crippen LogP contribution in [0.2, 0.25) is 0 Å². The molecular weight excluding hydrogens is 324 g/mol. The van der Waals surface area contributed by atoms with Gasteiger partial charge in [0.05, 0.1) is 6.26 Å². The van der Waals surface area contributed by atoms with Crippen LogP contribution >= 0.6 is 11.8 Å². The summed E-state index contributed by atoms with van der Waals surface area (Å²) >= 11 is 1.95. The first-order valence-electron chi connectivity index (χ1n) is 8.46. The Balaban J connectivity index is 1.61. The Labute approximate surface area is 148 Å². The summed E-state index contributed by atoms with van der Waals surface area (Å²) in [4.78, 5) is 16.2. The molecule has 0 spiro atoms. The molecule has 2 rings (SSSR count). The second-order valence-corrected chi connectivity index (χ2v) is 7.19. The van der Waals surface area contributed by atoms with E-state index in [4.69, 9.17) is 4.42 Å². The van der Waals surface area contributed by atoms with Crippen molar-refractivity contribution in [1.82, 2.24) is 16.0 Å². The molecule has 3 N–H and O–H groups in total. The standard InChI is InChI=1S/C17H28N4O2S/c1-12-7-10-23-15(12)16(22)19-8-4-9-20-17(18-2)21-13-5-6-14(11-13)24-3/h7,10,13-14H,4-6,8-9,11H2,1-3H3,(H,19,22)(H2,18,20,21). The van der Waals surface area contributed by atoms with Crippen LogP contribution in [0.5, 0.6) is 0 Å². The SMILES string of the molecule is CN=C(NCCCNC(=O)c1occc1C)NC1CCC(SC)C1. The van der Waals surface area contributed by atoms with Crippen molar-refractivity contribution in [3.8, 4) is 0 Å². The van der Waals surface area contributed by atoms with Gasteiger partial charge in [0.1, 0.15) is 0 Å². The molecule has 0 aliphatic heterocycles. The zero-order valence-corrected chi connectivity index (χ0v) is 15.5. The molecular formula is C17H28N4O2S. The van der Waals surface area contributed by atoms with Crippen LogP contribution in [0, 0.1) is 6.92 Å². The van der Waals surface area contributed by atoms with E-state index in [1.54, 1.807) is 13.1 Å². The van der Waals surface area contributed by atoms with E-state index < -0.39 is 0 Å². The summed E-state index contributed by atoms with van der Waals surface area (Å²) in [5.41, 5.74) is 0.857. The zero-order chi connectivity index (χ0) is 17.4. The number of aryl methyl sites for hydroxylation is 1. The molecule has 0 radical (unpaired) electrons. The minimum absolute atomic E-state index is 0.158. The van der Waals surface area contributed by atoms with Crippen LogP contribution in [0.4, 0.5) is 0 Å². The van der Waals surface area contributed by atoms with Crippen LogP contribution in [0.25, 0.3) is 0 Å². The zero-order valence-electron chi connectivity index (χ0n) is 14.7. The third-order valence-electron chi connectivity index (χ3n) is 4.28. The summed E-state index contributed by atoms with van der Waals surface area (Å²) in [6.07, 6.45) is 8.20. The molecule has 1 aromatic heterocycles. The Hall–Kier alpha value is -1.63. The number of hydrogen-bond acceptors (Lipinski definition) is 4. The van der Waals surface area contributed by atoms with E-state index in [-0.39, 0.29) is 5.91 Å². The fourth-order valence-corrected chi connectivity index (χ4v) is 3.65. The summed E-state index contributed by atoms with van der Waals surface area (Å²) in [5, 5.41) is 10.4. The first kappa shape index (κ1) is 18.7. The monoisotopic (exact) mass is 352 g/mol. The lowest BCUT2D eigenvalue weighted by Crippen LogP contribution is -2.43. The molecule has 24 heavy (non-hydrogen) atoms. The average Bonchev–Trinajstić information content (AvgIpc) is 3.21. The van der Waals surface area contributed by atoms with Gasteiger partial charge in [0.25, 0.3) is 5.91 Å². The second kappa shape index (κ2) is 9.61. The number of nitrogens with zero attached hydrogens (tertiary/aromatic N) is 1. The molecule has 7 heteroatoms. The lowest BCUT2D eigenvalue weighted by atomic mass is 10.2. The highest BCUT2D eigenvalue weighted by atomic mass is 32.2. The van der Waals surface area contributed by atoms with Crippen molar-refractivity contribution >= 4 is 23.6 Å². The Bertz CT molecular complexity index is 559. The molecule has 1 heterocycles. The van der Waals surface area contributed by atoms with E-state index in [1.807, 2.05) is 18.7 Å². The highest BCUT2D eigenvalue weighted by molar-refractivity contribution is 7.99. The number of thioether (sulfide) groups is 1. The average molecular weight is 353 g/mol. The van der Waals surface area contributed by atoms with E-state index in [9.17, 15) is 4.79 Å². The molecule has 0 aromatic carbocycles. The maximum Gasteiger partial charge on any atom is 0.287 e. The fraction of sp³-hybridized carbons (Fsp3) is 0.647. The number of guanidine groups is 1. The van der Waals surface area contributed by atoms with E-state index in [0.717, 1.165) is 29.7 Å². The lowest BCUT2D eigenvalue weighted by molar-refractivity contribution is 0.0925. The van der Waals surface area contributed by atoms with Gasteiger partial charge in [0.2, 0.25) is 0 Å². The van der Waals surface area contributed by atoms with Crippen molar-refractivity contribution in [3.05, 3.63) is 23.7 Å². The molecule has 1 amide bonds. The quantitative estimate of drug-likeness (QED) is 0.398. The van der Waals surface area contributed by atoms with Crippen molar-refractivity contribution in [1.29, 1.82) is 0 Å². The largest absolute Gasteiger partial charge is 0.459 e. The number of carbonyl (C=O) groups is 1. The van der Waals surface area contributed by atoms with Crippen LogP contribution in [0.15, 0.2) is 21.7 Å². The van der Waals surface area contributed by atoms with Gasteiger partial charge >= 0.3 is 0 Å². The van der Waals surface area contributed by atoms with Gasteiger partial charge in [-0.15, -0.1) is 0 Å². The van der Waals surface area contributed by atoms with Gasteiger partial charge in [-0.2, -0.15) is 11.8 Å². The summed E-state index contributed by atoms with van der Waals surface area (Å²) < 4.78 is 5.17. The van der Waals surface area contributed by atoms with Gasteiger partial charge in [-0.1, -0.05) is 0 Å². The Morgan fingerprint density at radius 1 is 1.38 bits per heavy atom. The van der Waals surface area contributed by atoms with Crippen molar-refractivity contribution < 1.29 is 9.21 Å². The number of hydrogen-bond donors (Lipinski definition) is 3. The molecule has 0 saturated heterocycles. The first-order chi connectivity index (χ1) is 11.6. The lowest BCUT2D eigenvalue weighted by Gasteiger charge is -2.17. The van der Waals surface area contributed by atoms with Gasteiger partial charge in [0, 0.05) is 37.0 Å². The topological polar surface area (TPSA) is 78.7 Å². The van der Waals surface area contributed by atoms with Crippen LogP contribution in [0.3, 0.4) is 0 Å². The maximum absolute atomic E-state index is 11.9. The highest BCUT2D eigenvalue weighted by Gasteiger charge is 2.24. The second-order valence-electron chi connectivity index (χ2n) is 6.05. The van der Waals surface area contributed by atoms with Crippen LogP contribution < -0.4 is 16.0 Å². The maximum atomic E-state index is 11.9. The molecule has 1 fully saturated rings. The Morgan fingerprint density at radius 3 is 2.79 bits per heavy atom. The summed E-state index contributed by atoms with van der Waals surface area (Å²) in [7, 11) is 1.79. The predicted octanol–water partition coefficient (Wildman–Crippen LogP) is 2.16. The van der Waals surface area contributed by atoms with Crippen molar-refractivity contribution in [2.75, 3.05) is 26.4 Å². The van der Waals surface area contributed by atoms with Crippen LogP contribution in [0.1, 0.15) is 41.8 Å². The molecule has 2 unspecified atom stereocenters. The molecule has 0 bridgehead atoms. The third kappa shape index (κ3) is 5.47. The summed E-state index contributed by atoms with van der Waals surface area (Å²) in [5.74, 6) is 1.08. The number of carbonyl (C=O) groups excluding carboxylic acids is 1. The number of nitrogens with one attached hydrogen (secondary N) is 3. The number of amides is 1. The van der Waals surface area contributed by atoms with Crippen molar-refractivity contribution in [2.45, 2.75) is 43.9 Å². The summed E-state index contributed by atoms with van der Waals surface area (Å²) in [6, 6.07) is 2.30. The van der Waals surface area contributed by atoms with E-state index in [1.165, 1.54) is 25.5 Å². The molecule has 134 valence electrons. The molecule has 1 aromatic rings. The summed E-state index contributed by atoms with van der Waals surface area (Å²) in [6.45, 7) is 3.22. The third-order valence-corrected chi connectivity index (χ3v) is 5.38. The van der Waals surface area contributed by atoms with Crippen molar-refractivity contribution in [2.24, 2.45) is 4.99 Å². The fourth-order valence-electron chi connectivity index (χ4n) is 2.86. The van der Waals surface area contributed by atoms with E-state index >= 15 is 0 Å². The number of rotatable bonds is 7. The van der Waals surface area contributed by atoms with Crippen molar-refractivity contribution in [3.63, 3.8) is 0 Å². The minimum Gasteiger partial charge on any atom is -0.459 e. The number of furan rings is 1. The van der Waals surface area contributed by atoms with Gasteiger partial charge in [-0.05, 0) is 44.9 Å². The Kier molecular flexibility index (Phi) is 7.49. The molecule has 1 aliphatic rings. The minimum atomic E-state index is -0.158. The van der Waals surface area contributed by atoms with Gasteiger partial charge in [0.15, 0.2) is 11.7 Å². The number of aliphatic imine (C=N–C) groups is 1. The van der Waals surface area contributed by atoms with E-state index in [2.05, 4.69) is 27.2 Å². The first-order valence-corrected chi connectivity index (χ1v) is 9.75. The smallest absolute Gasteiger partial charge is 0.287 e. The highest BCUT2D eigenvalue weighted by Crippen LogP contribution is 2.27. The normalized spacial score (nSPS) is 20.9. The van der Waals surface area contributed by atoms with E-state index in [0.29, 0.717) is 18.3 Å². The molecule has 1 saturated carbocycles. The molecule has 2 atom stereocenters. The molecule has 6 nitrogen and oxygen atoms in total. The molecule has 1 aliphatic carbocycles. The Morgan fingerprint density at radius 2 is 2.17 bits per heavy atom. The van der Waals surface area contributed by atoms with Gasteiger partial charge < -0.3 is 20.4 Å².